The largest absolute Gasteiger partial charge is 0.465 e. The highest BCUT2D eigenvalue weighted by atomic mass is 16.5. The van der Waals surface area contributed by atoms with Crippen LogP contribution >= 0.6 is 0 Å². The summed E-state index contributed by atoms with van der Waals surface area (Å²) in [6, 6.07) is 15.1. The van der Waals surface area contributed by atoms with Gasteiger partial charge in [-0.15, -0.1) is 0 Å². The zero-order valence-electron chi connectivity index (χ0n) is 10.4. The number of imidazole rings is 1. The predicted molar refractivity (Wildman–Crippen MR) is 72.4 cm³/mol. The molecule has 0 unspecified atom stereocenters. The van der Waals surface area contributed by atoms with Gasteiger partial charge in [-0.05, 0) is 24.3 Å². The molecule has 0 aliphatic carbocycles. The monoisotopic (exact) mass is 252 g/mol. The first-order valence-electron chi connectivity index (χ1n) is 5.91. The van der Waals surface area contributed by atoms with Crippen LogP contribution in [0.5, 0.6) is 0 Å². The molecule has 0 atom stereocenters. The highest BCUT2D eigenvalue weighted by molar-refractivity contribution is 5.94. The Labute approximate surface area is 110 Å². The van der Waals surface area contributed by atoms with E-state index >= 15 is 0 Å². The summed E-state index contributed by atoms with van der Waals surface area (Å²) in [6.07, 6.45) is 1.71. The molecule has 2 aromatic carbocycles. The second-order valence-electron chi connectivity index (χ2n) is 4.11. The number of benzene rings is 2. The third-order valence-corrected chi connectivity index (χ3v) is 3.02. The summed E-state index contributed by atoms with van der Waals surface area (Å²) in [5.74, 6) is -0.353. The molecular formula is C15H12N2O2. The quantitative estimate of drug-likeness (QED) is 0.659. The third-order valence-electron chi connectivity index (χ3n) is 3.02. The first kappa shape index (κ1) is 11.5. The van der Waals surface area contributed by atoms with Crippen molar-refractivity contribution in [3.8, 4) is 5.69 Å². The van der Waals surface area contributed by atoms with Crippen LogP contribution in [0.15, 0.2) is 54.9 Å². The summed E-state index contributed by atoms with van der Waals surface area (Å²) in [4.78, 5) is 16.1. The molecule has 0 spiro atoms. The number of aromatic nitrogens is 2. The molecule has 0 amide bonds. The van der Waals surface area contributed by atoms with Crippen LogP contribution < -0.4 is 0 Å². The van der Waals surface area contributed by atoms with Gasteiger partial charge in [0.2, 0.25) is 0 Å². The van der Waals surface area contributed by atoms with Gasteiger partial charge in [-0.25, -0.2) is 9.78 Å². The van der Waals surface area contributed by atoms with Gasteiger partial charge in [-0.1, -0.05) is 24.3 Å². The molecule has 0 aliphatic rings. The fraction of sp³-hybridized carbons (Fsp3) is 0.0667. The molecule has 1 aromatic heterocycles. The van der Waals surface area contributed by atoms with Gasteiger partial charge in [0.25, 0.3) is 0 Å². The molecule has 0 bridgehead atoms. The fourth-order valence-corrected chi connectivity index (χ4v) is 2.12. The van der Waals surface area contributed by atoms with Crippen LogP contribution in [-0.2, 0) is 4.74 Å². The van der Waals surface area contributed by atoms with E-state index in [0.717, 1.165) is 16.7 Å². The molecule has 19 heavy (non-hydrogen) atoms. The van der Waals surface area contributed by atoms with Gasteiger partial charge in [-0.2, -0.15) is 0 Å². The van der Waals surface area contributed by atoms with Crippen LogP contribution in [-0.4, -0.2) is 22.6 Å². The lowest BCUT2D eigenvalue weighted by Gasteiger charge is -2.09. The van der Waals surface area contributed by atoms with E-state index in [1.165, 1.54) is 7.11 Å². The predicted octanol–water partition coefficient (Wildman–Crippen LogP) is 2.81. The standard InChI is InChI=1S/C15H12N2O2/c1-19-15(18)11-6-2-4-8-13(11)17-10-16-12-7-3-5-9-14(12)17/h2-10H,1H3. The second kappa shape index (κ2) is 4.57. The molecule has 94 valence electrons. The summed E-state index contributed by atoms with van der Waals surface area (Å²) < 4.78 is 6.70. The maximum Gasteiger partial charge on any atom is 0.339 e. The van der Waals surface area contributed by atoms with Crippen LogP contribution in [0.2, 0.25) is 0 Å². The van der Waals surface area contributed by atoms with Crippen molar-refractivity contribution in [3.05, 3.63) is 60.4 Å². The molecule has 0 N–H and O–H groups in total. The number of hydrogen-bond donors (Lipinski definition) is 0. The van der Waals surface area contributed by atoms with Gasteiger partial charge in [0.05, 0.1) is 29.4 Å². The van der Waals surface area contributed by atoms with Gasteiger partial charge < -0.3 is 4.74 Å². The van der Waals surface area contributed by atoms with Crippen molar-refractivity contribution in [2.75, 3.05) is 7.11 Å². The van der Waals surface area contributed by atoms with Crippen molar-refractivity contribution in [3.63, 3.8) is 0 Å². The van der Waals surface area contributed by atoms with Crippen LogP contribution in [0.25, 0.3) is 16.7 Å². The topological polar surface area (TPSA) is 44.1 Å². The van der Waals surface area contributed by atoms with Gasteiger partial charge in [0, 0.05) is 0 Å². The van der Waals surface area contributed by atoms with Crippen molar-refractivity contribution in [1.29, 1.82) is 0 Å². The minimum Gasteiger partial charge on any atom is -0.465 e. The van der Waals surface area contributed by atoms with E-state index in [-0.39, 0.29) is 5.97 Å². The summed E-state index contributed by atoms with van der Waals surface area (Å²) in [7, 11) is 1.38. The molecule has 0 radical (unpaired) electrons. The molecule has 4 heteroatoms. The molecule has 3 aromatic rings. The fourth-order valence-electron chi connectivity index (χ4n) is 2.12. The zero-order chi connectivity index (χ0) is 13.2. The summed E-state index contributed by atoms with van der Waals surface area (Å²) >= 11 is 0. The number of carbonyl (C=O) groups is 1. The Bertz CT molecular complexity index is 746. The van der Waals surface area contributed by atoms with Gasteiger partial charge in [0.1, 0.15) is 6.33 Å². The summed E-state index contributed by atoms with van der Waals surface area (Å²) in [5.41, 5.74) is 3.14. The maximum atomic E-state index is 11.8. The van der Waals surface area contributed by atoms with Crippen LogP contribution in [0.3, 0.4) is 0 Å². The SMILES string of the molecule is COC(=O)c1ccccc1-n1cnc2ccccc21. The van der Waals surface area contributed by atoms with Crippen molar-refractivity contribution >= 4 is 17.0 Å². The molecule has 4 nitrogen and oxygen atoms in total. The molecule has 3 rings (SSSR count). The summed E-state index contributed by atoms with van der Waals surface area (Å²) in [5, 5.41) is 0. The Hall–Kier alpha value is -2.62. The number of esters is 1. The van der Waals surface area contributed by atoms with Crippen molar-refractivity contribution in [1.82, 2.24) is 9.55 Å². The number of carbonyl (C=O) groups excluding carboxylic acids is 1. The Balaban J connectivity index is 2.25. The van der Waals surface area contributed by atoms with E-state index in [1.807, 2.05) is 47.0 Å². The molecule has 0 saturated carbocycles. The zero-order valence-corrected chi connectivity index (χ0v) is 10.4. The van der Waals surface area contributed by atoms with Gasteiger partial charge in [-0.3, -0.25) is 4.57 Å². The third kappa shape index (κ3) is 1.87. The number of para-hydroxylation sites is 3. The van der Waals surface area contributed by atoms with E-state index in [2.05, 4.69) is 4.98 Å². The average molecular weight is 252 g/mol. The minimum atomic E-state index is -0.353. The minimum absolute atomic E-state index is 0.353. The number of nitrogens with zero attached hydrogens (tertiary/aromatic N) is 2. The average Bonchev–Trinajstić information content (AvgIpc) is 2.90. The Morgan fingerprint density at radius 1 is 1.11 bits per heavy atom. The number of rotatable bonds is 2. The van der Waals surface area contributed by atoms with Crippen LogP contribution in [0, 0.1) is 0 Å². The molecule has 0 aliphatic heterocycles. The van der Waals surface area contributed by atoms with E-state index in [4.69, 9.17) is 4.74 Å². The Morgan fingerprint density at radius 3 is 2.68 bits per heavy atom. The first-order valence-corrected chi connectivity index (χ1v) is 5.91. The van der Waals surface area contributed by atoms with Crippen LogP contribution in [0.4, 0.5) is 0 Å². The van der Waals surface area contributed by atoms with Gasteiger partial charge >= 0.3 is 5.97 Å². The lowest BCUT2D eigenvalue weighted by molar-refractivity contribution is 0.0601. The van der Waals surface area contributed by atoms with Crippen molar-refractivity contribution in [2.24, 2.45) is 0 Å². The lowest BCUT2D eigenvalue weighted by atomic mass is 10.1. The van der Waals surface area contributed by atoms with Crippen molar-refractivity contribution < 1.29 is 9.53 Å². The molecule has 0 fully saturated rings. The molecular weight excluding hydrogens is 240 g/mol. The number of fused-ring (bicyclic) bond motifs is 1. The number of hydrogen-bond acceptors (Lipinski definition) is 3. The van der Waals surface area contributed by atoms with Crippen LogP contribution in [0.1, 0.15) is 10.4 Å². The van der Waals surface area contributed by atoms with Gasteiger partial charge in [0.15, 0.2) is 0 Å². The number of methoxy groups -OCH3 is 1. The second-order valence-corrected chi connectivity index (χ2v) is 4.11. The summed E-state index contributed by atoms with van der Waals surface area (Å²) in [6.45, 7) is 0. The van der Waals surface area contributed by atoms with E-state index in [9.17, 15) is 4.79 Å². The van der Waals surface area contributed by atoms with Crippen molar-refractivity contribution in [2.45, 2.75) is 0 Å². The smallest absolute Gasteiger partial charge is 0.339 e. The Kier molecular flexibility index (Phi) is 2.76. The van der Waals surface area contributed by atoms with E-state index in [1.54, 1.807) is 12.4 Å². The highest BCUT2D eigenvalue weighted by Gasteiger charge is 2.14. The van der Waals surface area contributed by atoms with E-state index < -0.39 is 0 Å². The lowest BCUT2D eigenvalue weighted by Crippen LogP contribution is -2.07. The number of ether oxygens (including phenoxy) is 1. The molecule has 1 heterocycles. The normalized spacial score (nSPS) is 10.6. The highest BCUT2D eigenvalue weighted by Crippen LogP contribution is 2.21. The Morgan fingerprint density at radius 2 is 1.84 bits per heavy atom. The molecule has 0 saturated heterocycles. The van der Waals surface area contributed by atoms with E-state index in [0.29, 0.717) is 5.56 Å². The maximum absolute atomic E-state index is 11.8. The first-order chi connectivity index (χ1) is 9.31.